The van der Waals surface area contributed by atoms with E-state index in [1.165, 1.54) is 11.3 Å². The Hall–Kier alpha value is -3.32. The molecule has 0 spiro atoms. The standard InChI is InChI=1S/C22H19N3O3S/c1-13(2)19-18(14-8-4-3-5-9-14)24-22(29-19)23-17(26)12-25-20(27)15-10-6-7-11-16(15)21(25)28/h3-11,13H,12H2,1-2H3,(H,23,24,26). The molecule has 1 aromatic heterocycles. The molecule has 1 aliphatic heterocycles. The second-order valence-electron chi connectivity index (χ2n) is 7.04. The largest absolute Gasteiger partial charge is 0.300 e. The molecule has 29 heavy (non-hydrogen) atoms. The van der Waals surface area contributed by atoms with E-state index in [9.17, 15) is 14.4 Å². The lowest BCUT2D eigenvalue weighted by Gasteiger charge is -2.12. The maximum Gasteiger partial charge on any atom is 0.262 e. The Kier molecular flexibility index (Phi) is 4.98. The van der Waals surface area contributed by atoms with E-state index in [1.807, 2.05) is 30.3 Å². The van der Waals surface area contributed by atoms with Gasteiger partial charge in [-0.25, -0.2) is 4.98 Å². The van der Waals surface area contributed by atoms with Crippen molar-refractivity contribution < 1.29 is 14.4 Å². The molecule has 0 atom stereocenters. The maximum absolute atomic E-state index is 12.5. The van der Waals surface area contributed by atoms with Crippen LogP contribution < -0.4 is 5.32 Å². The quantitative estimate of drug-likeness (QED) is 0.646. The third-order valence-corrected chi connectivity index (χ3v) is 5.92. The number of imide groups is 1. The van der Waals surface area contributed by atoms with Crippen LogP contribution in [-0.4, -0.2) is 34.2 Å². The van der Waals surface area contributed by atoms with Crippen molar-refractivity contribution in [1.29, 1.82) is 0 Å². The van der Waals surface area contributed by atoms with Gasteiger partial charge in [0.2, 0.25) is 5.91 Å². The molecule has 6 nitrogen and oxygen atoms in total. The van der Waals surface area contributed by atoms with Crippen LogP contribution in [0.3, 0.4) is 0 Å². The molecule has 3 amide bonds. The van der Waals surface area contributed by atoms with E-state index in [4.69, 9.17) is 0 Å². The van der Waals surface area contributed by atoms with Gasteiger partial charge in [-0.1, -0.05) is 56.3 Å². The van der Waals surface area contributed by atoms with Crippen molar-refractivity contribution in [3.8, 4) is 11.3 Å². The number of amides is 3. The Morgan fingerprint density at radius 2 is 1.59 bits per heavy atom. The summed E-state index contributed by atoms with van der Waals surface area (Å²) in [4.78, 5) is 44.0. The van der Waals surface area contributed by atoms with E-state index < -0.39 is 17.7 Å². The number of anilines is 1. The van der Waals surface area contributed by atoms with Crippen LogP contribution >= 0.6 is 11.3 Å². The first-order valence-electron chi connectivity index (χ1n) is 9.27. The number of hydrogen-bond donors (Lipinski definition) is 1. The van der Waals surface area contributed by atoms with Crippen LogP contribution in [0.1, 0.15) is 45.4 Å². The summed E-state index contributed by atoms with van der Waals surface area (Å²) in [6.07, 6.45) is 0. The summed E-state index contributed by atoms with van der Waals surface area (Å²) in [6.45, 7) is 3.80. The van der Waals surface area contributed by atoms with Crippen LogP contribution in [-0.2, 0) is 4.79 Å². The number of thiazole rings is 1. The lowest BCUT2D eigenvalue weighted by Crippen LogP contribution is -2.37. The smallest absolute Gasteiger partial charge is 0.262 e. The van der Waals surface area contributed by atoms with Crippen molar-refractivity contribution in [2.75, 3.05) is 11.9 Å². The normalized spacial score (nSPS) is 13.1. The van der Waals surface area contributed by atoms with E-state index in [-0.39, 0.29) is 12.5 Å². The van der Waals surface area contributed by atoms with Gasteiger partial charge in [-0.05, 0) is 18.1 Å². The number of hydrogen-bond acceptors (Lipinski definition) is 5. The van der Waals surface area contributed by atoms with Gasteiger partial charge in [-0.3, -0.25) is 19.3 Å². The highest BCUT2D eigenvalue weighted by molar-refractivity contribution is 7.16. The Morgan fingerprint density at radius 3 is 2.17 bits per heavy atom. The molecule has 0 saturated carbocycles. The molecular weight excluding hydrogens is 386 g/mol. The third kappa shape index (κ3) is 3.56. The van der Waals surface area contributed by atoms with Crippen LogP contribution in [0.2, 0.25) is 0 Å². The predicted octanol–water partition coefficient (Wildman–Crippen LogP) is 4.17. The third-order valence-electron chi connectivity index (χ3n) is 4.65. The fraction of sp³-hybridized carbons (Fsp3) is 0.182. The number of rotatable bonds is 5. The summed E-state index contributed by atoms with van der Waals surface area (Å²) in [5, 5.41) is 3.20. The monoisotopic (exact) mass is 405 g/mol. The molecule has 146 valence electrons. The maximum atomic E-state index is 12.5. The number of nitrogens with zero attached hydrogens (tertiary/aromatic N) is 2. The van der Waals surface area contributed by atoms with Gasteiger partial charge in [0.1, 0.15) is 6.54 Å². The van der Waals surface area contributed by atoms with Crippen molar-refractivity contribution in [3.63, 3.8) is 0 Å². The summed E-state index contributed by atoms with van der Waals surface area (Å²) in [5.41, 5.74) is 2.47. The molecular formula is C22H19N3O3S. The van der Waals surface area contributed by atoms with Crippen LogP contribution in [0, 0.1) is 0 Å². The molecule has 0 bridgehead atoms. The minimum atomic E-state index is -0.455. The first-order chi connectivity index (χ1) is 14.0. The van der Waals surface area contributed by atoms with E-state index in [2.05, 4.69) is 24.1 Å². The number of aromatic nitrogens is 1. The van der Waals surface area contributed by atoms with Gasteiger partial charge in [-0.2, -0.15) is 0 Å². The van der Waals surface area contributed by atoms with Gasteiger partial charge < -0.3 is 5.32 Å². The SMILES string of the molecule is CC(C)c1sc(NC(=O)CN2C(=O)c3ccccc3C2=O)nc1-c1ccccc1. The first kappa shape index (κ1) is 19.0. The van der Waals surface area contributed by atoms with Gasteiger partial charge in [0, 0.05) is 10.4 Å². The average molecular weight is 405 g/mol. The summed E-state index contributed by atoms with van der Waals surface area (Å²) in [5.74, 6) is -1.12. The lowest BCUT2D eigenvalue weighted by molar-refractivity contribution is -0.116. The van der Waals surface area contributed by atoms with Crippen LogP contribution in [0.15, 0.2) is 54.6 Å². The fourth-order valence-electron chi connectivity index (χ4n) is 3.26. The Balaban J connectivity index is 1.53. The Labute approximate surface area is 172 Å². The molecule has 1 aliphatic rings. The van der Waals surface area contributed by atoms with Crippen LogP contribution in [0.5, 0.6) is 0 Å². The first-order valence-corrected chi connectivity index (χ1v) is 10.1. The van der Waals surface area contributed by atoms with Gasteiger partial charge >= 0.3 is 0 Å². The highest BCUT2D eigenvalue weighted by atomic mass is 32.1. The summed E-state index contributed by atoms with van der Waals surface area (Å²) in [7, 11) is 0. The number of carbonyl (C=O) groups is 3. The molecule has 1 N–H and O–H groups in total. The van der Waals surface area contributed by atoms with Crippen molar-refractivity contribution in [2.45, 2.75) is 19.8 Å². The number of nitrogens with one attached hydrogen (secondary N) is 1. The highest BCUT2D eigenvalue weighted by Crippen LogP contribution is 2.36. The molecule has 3 aromatic rings. The van der Waals surface area contributed by atoms with Crippen LogP contribution in [0.25, 0.3) is 11.3 Å². The molecule has 0 radical (unpaired) electrons. The second-order valence-corrected chi connectivity index (χ2v) is 8.07. The van der Waals surface area contributed by atoms with Crippen molar-refractivity contribution >= 4 is 34.2 Å². The number of carbonyl (C=O) groups excluding carboxylic acids is 3. The van der Waals surface area contributed by atoms with E-state index in [0.29, 0.717) is 16.3 Å². The van der Waals surface area contributed by atoms with Gasteiger partial charge in [0.15, 0.2) is 5.13 Å². The van der Waals surface area contributed by atoms with Crippen molar-refractivity contribution in [3.05, 3.63) is 70.6 Å². The summed E-state index contributed by atoms with van der Waals surface area (Å²) >= 11 is 1.41. The highest BCUT2D eigenvalue weighted by Gasteiger charge is 2.36. The molecule has 2 aromatic carbocycles. The lowest BCUT2D eigenvalue weighted by atomic mass is 10.1. The molecule has 2 heterocycles. The van der Waals surface area contributed by atoms with E-state index in [0.717, 1.165) is 21.0 Å². The van der Waals surface area contributed by atoms with Gasteiger partial charge in [-0.15, -0.1) is 11.3 Å². The minimum absolute atomic E-state index is 0.240. The Bertz CT molecular complexity index is 1070. The number of benzene rings is 2. The molecule has 0 unspecified atom stereocenters. The fourth-order valence-corrected chi connectivity index (χ4v) is 4.27. The summed E-state index contributed by atoms with van der Waals surface area (Å²) < 4.78 is 0. The molecule has 0 aliphatic carbocycles. The van der Waals surface area contributed by atoms with Crippen molar-refractivity contribution in [2.24, 2.45) is 0 Å². The molecule has 4 rings (SSSR count). The van der Waals surface area contributed by atoms with Gasteiger partial charge in [0.25, 0.3) is 11.8 Å². The minimum Gasteiger partial charge on any atom is -0.300 e. The predicted molar refractivity (Wildman–Crippen MR) is 112 cm³/mol. The van der Waals surface area contributed by atoms with E-state index in [1.54, 1.807) is 24.3 Å². The zero-order valence-corrected chi connectivity index (χ0v) is 16.8. The zero-order valence-electron chi connectivity index (χ0n) is 16.0. The van der Waals surface area contributed by atoms with E-state index >= 15 is 0 Å². The Morgan fingerprint density at radius 1 is 1.00 bits per heavy atom. The molecule has 7 heteroatoms. The number of fused-ring (bicyclic) bond motifs is 1. The van der Waals surface area contributed by atoms with Crippen molar-refractivity contribution in [1.82, 2.24) is 9.88 Å². The van der Waals surface area contributed by atoms with Gasteiger partial charge in [0.05, 0.1) is 16.8 Å². The average Bonchev–Trinajstić information content (AvgIpc) is 3.24. The molecule has 0 saturated heterocycles. The second kappa shape index (κ2) is 7.60. The molecule has 0 fully saturated rings. The topological polar surface area (TPSA) is 79.4 Å². The zero-order chi connectivity index (χ0) is 20.5. The summed E-state index contributed by atoms with van der Waals surface area (Å²) in [6, 6.07) is 16.4. The van der Waals surface area contributed by atoms with Crippen LogP contribution in [0.4, 0.5) is 5.13 Å².